The van der Waals surface area contributed by atoms with Crippen LogP contribution in [0.2, 0.25) is 0 Å². The topological polar surface area (TPSA) is 40.7 Å². The Kier molecular flexibility index (Phi) is 3.90. The van der Waals surface area contributed by atoms with Gasteiger partial charge in [0.1, 0.15) is 11.6 Å². The molecule has 1 fully saturated rings. The molecule has 4 rings (SSSR count). The summed E-state index contributed by atoms with van der Waals surface area (Å²) in [5, 5.41) is 3.45. The summed E-state index contributed by atoms with van der Waals surface area (Å²) < 4.78 is 13.1. The molecule has 0 saturated carbocycles. The molecule has 0 aliphatic carbocycles. The number of aromatic nitrogens is 2. The zero-order valence-electron chi connectivity index (χ0n) is 13.4. The van der Waals surface area contributed by atoms with Crippen LogP contribution in [0.1, 0.15) is 24.1 Å². The Labute approximate surface area is 141 Å². The zero-order chi connectivity index (χ0) is 16.4. The van der Waals surface area contributed by atoms with Crippen LogP contribution in [0.3, 0.4) is 0 Å². The molecular formula is C20H20FN3. The van der Waals surface area contributed by atoms with Crippen molar-refractivity contribution < 1.29 is 4.39 Å². The lowest BCUT2D eigenvalue weighted by Gasteiger charge is -2.37. The molecule has 122 valence electrons. The van der Waals surface area contributed by atoms with Crippen LogP contribution >= 0.6 is 0 Å². The number of hydrogen-bond acceptors (Lipinski definition) is 2. The molecular weight excluding hydrogens is 301 g/mol. The smallest absolute Gasteiger partial charge is 0.137 e. The number of rotatable bonds is 3. The third kappa shape index (κ3) is 2.63. The molecule has 0 radical (unpaired) electrons. The molecule has 0 unspecified atom stereocenters. The summed E-state index contributed by atoms with van der Waals surface area (Å²) in [6.45, 7) is 1.97. The number of nitrogens with zero attached hydrogens (tertiary/aromatic N) is 1. The highest BCUT2D eigenvalue weighted by Gasteiger charge is 2.37. The first-order chi connectivity index (χ1) is 11.8. The summed E-state index contributed by atoms with van der Waals surface area (Å²) in [5.74, 6) is 0.559. The van der Waals surface area contributed by atoms with E-state index in [4.69, 9.17) is 0 Å². The Morgan fingerprint density at radius 1 is 0.917 bits per heavy atom. The van der Waals surface area contributed by atoms with Crippen molar-refractivity contribution in [3.63, 3.8) is 0 Å². The Morgan fingerprint density at radius 3 is 2.33 bits per heavy atom. The lowest BCUT2D eigenvalue weighted by molar-refractivity contribution is 0.355. The van der Waals surface area contributed by atoms with Gasteiger partial charge in [0.15, 0.2) is 0 Å². The Morgan fingerprint density at radius 2 is 1.62 bits per heavy atom. The van der Waals surface area contributed by atoms with E-state index in [1.807, 2.05) is 6.20 Å². The van der Waals surface area contributed by atoms with Gasteiger partial charge in [-0.15, -0.1) is 0 Å². The predicted molar refractivity (Wildman–Crippen MR) is 93.3 cm³/mol. The first-order valence-electron chi connectivity index (χ1n) is 8.36. The van der Waals surface area contributed by atoms with Crippen LogP contribution in [-0.4, -0.2) is 23.1 Å². The molecule has 24 heavy (non-hydrogen) atoms. The number of hydrogen-bond donors (Lipinski definition) is 2. The van der Waals surface area contributed by atoms with Crippen molar-refractivity contribution in [1.82, 2.24) is 15.3 Å². The number of piperidine rings is 1. The fraction of sp³-hybridized carbons (Fsp3) is 0.250. The minimum atomic E-state index is -0.232. The van der Waals surface area contributed by atoms with Gasteiger partial charge >= 0.3 is 0 Å². The molecule has 4 heteroatoms. The fourth-order valence-electron chi connectivity index (χ4n) is 3.64. The van der Waals surface area contributed by atoms with E-state index < -0.39 is 0 Å². The number of aromatic amines is 1. The zero-order valence-corrected chi connectivity index (χ0v) is 13.4. The Hall–Kier alpha value is -2.46. The second-order valence-corrected chi connectivity index (χ2v) is 6.35. The van der Waals surface area contributed by atoms with E-state index in [9.17, 15) is 4.39 Å². The molecule has 2 N–H and O–H groups in total. The average molecular weight is 321 g/mol. The van der Waals surface area contributed by atoms with Crippen molar-refractivity contribution >= 4 is 0 Å². The van der Waals surface area contributed by atoms with E-state index in [-0.39, 0.29) is 11.2 Å². The molecule has 2 aromatic carbocycles. The summed E-state index contributed by atoms with van der Waals surface area (Å²) in [6.07, 6.45) is 4.00. The van der Waals surface area contributed by atoms with Gasteiger partial charge in [-0.3, -0.25) is 0 Å². The molecule has 0 spiro atoms. The van der Waals surface area contributed by atoms with Crippen LogP contribution in [0.4, 0.5) is 4.39 Å². The van der Waals surface area contributed by atoms with Crippen LogP contribution in [0.5, 0.6) is 0 Å². The maximum Gasteiger partial charge on any atom is 0.137 e. The highest BCUT2D eigenvalue weighted by atomic mass is 19.1. The van der Waals surface area contributed by atoms with E-state index in [2.05, 4.69) is 45.6 Å². The van der Waals surface area contributed by atoms with Gasteiger partial charge in [-0.25, -0.2) is 9.37 Å². The number of H-pyrrole nitrogens is 1. The fourth-order valence-corrected chi connectivity index (χ4v) is 3.64. The lowest BCUT2D eigenvalue weighted by atomic mass is 9.71. The summed E-state index contributed by atoms with van der Waals surface area (Å²) in [7, 11) is 0. The minimum Gasteiger partial charge on any atom is -0.341 e. The third-order valence-electron chi connectivity index (χ3n) is 4.99. The monoisotopic (exact) mass is 321 g/mol. The molecule has 2 heterocycles. The van der Waals surface area contributed by atoms with E-state index in [1.165, 1.54) is 17.7 Å². The van der Waals surface area contributed by atoms with Crippen molar-refractivity contribution in [3.05, 3.63) is 77.9 Å². The quantitative estimate of drug-likeness (QED) is 0.768. The van der Waals surface area contributed by atoms with Gasteiger partial charge in [-0.1, -0.05) is 30.3 Å². The van der Waals surface area contributed by atoms with Crippen LogP contribution in [0, 0.1) is 5.82 Å². The van der Waals surface area contributed by atoms with E-state index in [0.29, 0.717) is 0 Å². The van der Waals surface area contributed by atoms with Crippen molar-refractivity contribution in [1.29, 1.82) is 0 Å². The standard InChI is InChI=1S/C20H20FN3/c21-17-8-6-15(7-9-17)19-23-14-18(24-19)20(10-12-22-13-11-20)16-4-2-1-3-5-16/h1-9,14,22H,10-13H2,(H,23,24). The molecule has 0 amide bonds. The SMILES string of the molecule is Fc1ccc(-c2ncc(C3(c4ccccc4)CCNCC3)[nH]2)cc1. The van der Waals surface area contributed by atoms with Gasteiger partial charge in [0, 0.05) is 22.9 Å². The highest BCUT2D eigenvalue weighted by Crippen LogP contribution is 2.39. The Bertz CT molecular complexity index is 802. The number of nitrogens with one attached hydrogen (secondary N) is 2. The first-order valence-corrected chi connectivity index (χ1v) is 8.36. The summed E-state index contributed by atoms with van der Waals surface area (Å²) in [6, 6.07) is 17.1. The number of benzene rings is 2. The summed E-state index contributed by atoms with van der Waals surface area (Å²) in [4.78, 5) is 8.06. The maximum atomic E-state index is 13.1. The van der Waals surface area contributed by atoms with Crippen LogP contribution in [-0.2, 0) is 5.41 Å². The van der Waals surface area contributed by atoms with Gasteiger partial charge in [0.25, 0.3) is 0 Å². The second kappa shape index (κ2) is 6.21. The van der Waals surface area contributed by atoms with Crippen LogP contribution < -0.4 is 5.32 Å². The predicted octanol–water partition coefficient (Wildman–Crippen LogP) is 3.89. The minimum absolute atomic E-state index is 0.0439. The van der Waals surface area contributed by atoms with E-state index in [0.717, 1.165) is 43.0 Å². The third-order valence-corrected chi connectivity index (χ3v) is 4.99. The molecule has 1 aliphatic heterocycles. The largest absolute Gasteiger partial charge is 0.341 e. The molecule has 0 atom stereocenters. The molecule has 3 aromatic rings. The molecule has 3 nitrogen and oxygen atoms in total. The normalized spacial score (nSPS) is 16.9. The van der Waals surface area contributed by atoms with Crippen molar-refractivity contribution in [2.24, 2.45) is 0 Å². The molecule has 0 bridgehead atoms. The molecule has 1 aromatic heterocycles. The van der Waals surface area contributed by atoms with Crippen molar-refractivity contribution in [3.8, 4) is 11.4 Å². The van der Waals surface area contributed by atoms with Gasteiger partial charge in [0.05, 0.1) is 0 Å². The maximum absolute atomic E-state index is 13.1. The summed E-state index contributed by atoms with van der Waals surface area (Å²) in [5.41, 5.74) is 3.31. The first kappa shape index (κ1) is 15.1. The number of imidazole rings is 1. The summed E-state index contributed by atoms with van der Waals surface area (Å²) >= 11 is 0. The van der Waals surface area contributed by atoms with Crippen molar-refractivity contribution in [2.45, 2.75) is 18.3 Å². The Balaban J connectivity index is 1.76. The number of halogens is 1. The van der Waals surface area contributed by atoms with Gasteiger partial charge < -0.3 is 10.3 Å². The lowest BCUT2D eigenvalue weighted by Crippen LogP contribution is -2.41. The van der Waals surface area contributed by atoms with Gasteiger partial charge in [-0.2, -0.15) is 0 Å². The highest BCUT2D eigenvalue weighted by molar-refractivity contribution is 5.55. The van der Waals surface area contributed by atoms with Gasteiger partial charge in [0.2, 0.25) is 0 Å². The second-order valence-electron chi connectivity index (χ2n) is 6.35. The van der Waals surface area contributed by atoms with E-state index >= 15 is 0 Å². The molecule has 1 aliphatic rings. The van der Waals surface area contributed by atoms with Crippen LogP contribution in [0.15, 0.2) is 60.8 Å². The van der Waals surface area contributed by atoms with Gasteiger partial charge in [-0.05, 0) is 55.8 Å². The molecule has 1 saturated heterocycles. The average Bonchev–Trinajstić information content (AvgIpc) is 3.14. The van der Waals surface area contributed by atoms with Crippen molar-refractivity contribution in [2.75, 3.05) is 13.1 Å². The van der Waals surface area contributed by atoms with E-state index in [1.54, 1.807) is 12.1 Å². The van der Waals surface area contributed by atoms with Crippen LogP contribution in [0.25, 0.3) is 11.4 Å².